The Morgan fingerprint density at radius 2 is 1.84 bits per heavy atom. The first-order chi connectivity index (χ1) is 11.4. The van der Waals surface area contributed by atoms with Crippen LogP contribution in [0, 0.1) is 5.92 Å². The zero-order valence-corrected chi connectivity index (χ0v) is 17.2. The summed E-state index contributed by atoms with van der Waals surface area (Å²) in [5.41, 5.74) is 0.596. The van der Waals surface area contributed by atoms with E-state index in [9.17, 15) is 13.9 Å². The maximum atomic E-state index is 12.1. The van der Waals surface area contributed by atoms with Crippen molar-refractivity contribution in [2.75, 3.05) is 19.6 Å². The highest BCUT2D eigenvalue weighted by Gasteiger charge is 2.09. The van der Waals surface area contributed by atoms with Gasteiger partial charge in [0.05, 0.1) is 12.6 Å². The van der Waals surface area contributed by atoms with Gasteiger partial charge in [-0.3, -0.25) is 4.99 Å². The fourth-order valence-electron chi connectivity index (χ4n) is 1.98. The van der Waals surface area contributed by atoms with E-state index in [-0.39, 0.29) is 36.3 Å². The van der Waals surface area contributed by atoms with Crippen LogP contribution in [0.5, 0.6) is 5.75 Å². The standard InChI is InChI=1S/C17H27F2N3O2.HI/c1-4-20-17(21-10-9-12(2)3)22-11-15(23)13-5-7-14(8-6-13)24-16(18)19;/h5-8,12,15-16,23H,4,9-11H2,1-3H3,(H2,20,21,22);1H. The Balaban J connectivity index is 0.00000576. The largest absolute Gasteiger partial charge is 0.435 e. The van der Waals surface area contributed by atoms with Gasteiger partial charge >= 0.3 is 6.61 Å². The number of aliphatic hydroxyl groups is 1. The van der Waals surface area contributed by atoms with Crippen molar-refractivity contribution in [3.63, 3.8) is 0 Å². The number of aliphatic imine (C=N–C) groups is 1. The summed E-state index contributed by atoms with van der Waals surface area (Å²) in [6.07, 6.45) is 0.213. The lowest BCUT2D eigenvalue weighted by Gasteiger charge is -2.14. The fourth-order valence-corrected chi connectivity index (χ4v) is 1.98. The highest BCUT2D eigenvalue weighted by Crippen LogP contribution is 2.19. The zero-order valence-electron chi connectivity index (χ0n) is 14.8. The third kappa shape index (κ3) is 10.4. The van der Waals surface area contributed by atoms with E-state index in [4.69, 9.17) is 0 Å². The van der Waals surface area contributed by atoms with Crippen molar-refractivity contribution in [3.05, 3.63) is 29.8 Å². The number of guanidine groups is 1. The van der Waals surface area contributed by atoms with Gasteiger partial charge in [-0.1, -0.05) is 26.0 Å². The van der Waals surface area contributed by atoms with Gasteiger partial charge in [0.1, 0.15) is 5.75 Å². The van der Waals surface area contributed by atoms with Gasteiger partial charge in [0.2, 0.25) is 0 Å². The van der Waals surface area contributed by atoms with E-state index < -0.39 is 12.7 Å². The number of nitrogens with zero attached hydrogens (tertiary/aromatic N) is 1. The van der Waals surface area contributed by atoms with Crippen LogP contribution in [0.25, 0.3) is 0 Å². The monoisotopic (exact) mass is 471 g/mol. The molecule has 0 radical (unpaired) electrons. The second kappa shape index (κ2) is 13.1. The Kier molecular flexibility index (Phi) is 12.5. The molecular weight excluding hydrogens is 443 g/mol. The number of hydrogen-bond acceptors (Lipinski definition) is 3. The molecule has 0 aliphatic rings. The first-order valence-electron chi connectivity index (χ1n) is 8.17. The summed E-state index contributed by atoms with van der Waals surface area (Å²) in [6.45, 7) is 5.12. The Morgan fingerprint density at radius 1 is 1.20 bits per heavy atom. The van der Waals surface area contributed by atoms with Crippen LogP contribution >= 0.6 is 24.0 Å². The average Bonchev–Trinajstić information content (AvgIpc) is 2.52. The molecule has 0 amide bonds. The SMILES string of the molecule is CCNC(=NCC(O)c1ccc(OC(F)F)cc1)NCCC(C)C.I. The lowest BCUT2D eigenvalue weighted by atomic mass is 10.1. The second-order valence-corrected chi connectivity index (χ2v) is 5.79. The number of aliphatic hydroxyl groups excluding tert-OH is 1. The van der Waals surface area contributed by atoms with Crippen LogP contribution in [0.2, 0.25) is 0 Å². The predicted octanol–water partition coefficient (Wildman–Crippen LogP) is 3.54. The summed E-state index contributed by atoms with van der Waals surface area (Å²) in [5.74, 6) is 1.31. The van der Waals surface area contributed by atoms with Crippen molar-refractivity contribution in [1.82, 2.24) is 10.6 Å². The molecule has 1 unspecified atom stereocenters. The van der Waals surface area contributed by atoms with Gasteiger partial charge in [0.25, 0.3) is 0 Å². The van der Waals surface area contributed by atoms with Crippen molar-refractivity contribution in [3.8, 4) is 5.75 Å². The Bertz CT molecular complexity index is 499. The lowest BCUT2D eigenvalue weighted by Crippen LogP contribution is -2.38. The first kappa shape index (κ1) is 23.8. The Labute approximate surface area is 165 Å². The number of benzene rings is 1. The molecule has 0 aliphatic carbocycles. The molecule has 3 N–H and O–H groups in total. The summed E-state index contributed by atoms with van der Waals surface area (Å²) < 4.78 is 28.5. The smallest absolute Gasteiger partial charge is 0.387 e. The number of ether oxygens (including phenoxy) is 1. The molecule has 1 aromatic carbocycles. The number of hydrogen-bond donors (Lipinski definition) is 3. The highest BCUT2D eigenvalue weighted by atomic mass is 127. The van der Waals surface area contributed by atoms with Crippen LogP contribution in [0.4, 0.5) is 8.78 Å². The maximum Gasteiger partial charge on any atom is 0.387 e. The van der Waals surface area contributed by atoms with Gasteiger partial charge in [-0.05, 0) is 37.0 Å². The number of nitrogens with one attached hydrogen (secondary N) is 2. The van der Waals surface area contributed by atoms with E-state index >= 15 is 0 Å². The van der Waals surface area contributed by atoms with Crippen LogP contribution < -0.4 is 15.4 Å². The van der Waals surface area contributed by atoms with E-state index in [2.05, 4.69) is 34.2 Å². The molecule has 8 heteroatoms. The molecule has 0 saturated carbocycles. The van der Waals surface area contributed by atoms with E-state index in [1.165, 1.54) is 12.1 Å². The van der Waals surface area contributed by atoms with Crippen molar-refractivity contribution in [2.24, 2.45) is 10.9 Å². The summed E-state index contributed by atoms with van der Waals surface area (Å²) in [4.78, 5) is 4.35. The quantitative estimate of drug-likeness (QED) is 0.293. The van der Waals surface area contributed by atoms with Crippen LogP contribution in [0.3, 0.4) is 0 Å². The highest BCUT2D eigenvalue weighted by molar-refractivity contribution is 14.0. The van der Waals surface area contributed by atoms with Gasteiger partial charge in [-0.25, -0.2) is 0 Å². The summed E-state index contributed by atoms with van der Waals surface area (Å²) in [5, 5.41) is 16.5. The van der Waals surface area contributed by atoms with E-state index in [1.807, 2.05) is 6.92 Å². The predicted molar refractivity (Wildman–Crippen MR) is 107 cm³/mol. The molecule has 1 aromatic rings. The number of rotatable bonds is 9. The zero-order chi connectivity index (χ0) is 17.9. The fraction of sp³-hybridized carbons (Fsp3) is 0.588. The van der Waals surface area contributed by atoms with E-state index in [0.29, 0.717) is 17.4 Å². The molecule has 5 nitrogen and oxygen atoms in total. The van der Waals surface area contributed by atoms with Crippen molar-refractivity contribution < 1.29 is 18.6 Å². The minimum absolute atomic E-state index is 0. The Hall–Kier alpha value is -1.16. The molecule has 25 heavy (non-hydrogen) atoms. The Morgan fingerprint density at radius 3 is 2.36 bits per heavy atom. The molecular formula is C17H28F2IN3O2. The first-order valence-corrected chi connectivity index (χ1v) is 8.17. The minimum Gasteiger partial charge on any atom is -0.435 e. The van der Waals surface area contributed by atoms with Crippen molar-refractivity contribution in [2.45, 2.75) is 39.9 Å². The van der Waals surface area contributed by atoms with Crippen LogP contribution in [0.15, 0.2) is 29.3 Å². The molecule has 0 spiro atoms. The molecule has 144 valence electrons. The molecule has 1 rings (SSSR count). The normalized spacial score (nSPS) is 12.7. The van der Waals surface area contributed by atoms with Crippen molar-refractivity contribution in [1.29, 1.82) is 0 Å². The molecule has 0 bridgehead atoms. The van der Waals surface area contributed by atoms with Gasteiger partial charge in [-0.15, -0.1) is 24.0 Å². The van der Waals surface area contributed by atoms with Crippen LogP contribution in [-0.2, 0) is 0 Å². The lowest BCUT2D eigenvalue weighted by molar-refractivity contribution is -0.0498. The third-order valence-electron chi connectivity index (χ3n) is 3.27. The molecule has 0 fully saturated rings. The maximum absolute atomic E-state index is 12.1. The molecule has 0 aromatic heterocycles. The molecule has 0 aliphatic heterocycles. The van der Waals surface area contributed by atoms with E-state index in [1.54, 1.807) is 12.1 Å². The third-order valence-corrected chi connectivity index (χ3v) is 3.27. The second-order valence-electron chi connectivity index (χ2n) is 5.79. The van der Waals surface area contributed by atoms with Crippen molar-refractivity contribution >= 4 is 29.9 Å². The van der Waals surface area contributed by atoms with Crippen LogP contribution in [-0.4, -0.2) is 37.3 Å². The average molecular weight is 471 g/mol. The summed E-state index contributed by atoms with van der Waals surface area (Å²) >= 11 is 0. The van der Waals surface area contributed by atoms with Gasteiger partial charge in [-0.2, -0.15) is 8.78 Å². The summed E-state index contributed by atoms with van der Waals surface area (Å²) in [7, 11) is 0. The van der Waals surface area contributed by atoms with E-state index in [0.717, 1.165) is 19.5 Å². The minimum atomic E-state index is -2.86. The molecule has 0 heterocycles. The van der Waals surface area contributed by atoms with Gasteiger partial charge < -0.3 is 20.5 Å². The number of halogens is 3. The van der Waals surface area contributed by atoms with Gasteiger partial charge in [0.15, 0.2) is 5.96 Å². The summed E-state index contributed by atoms with van der Waals surface area (Å²) in [6, 6.07) is 5.91. The number of alkyl halides is 2. The topological polar surface area (TPSA) is 65.9 Å². The van der Waals surface area contributed by atoms with Crippen LogP contribution in [0.1, 0.15) is 38.9 Å². The van der Waals surface area contributed by atoms with Gasteiger partial charge in [0, 0.05) is 13.1 Å². The molecule has 1 atom stereocenters. The molecule has 0 saturated heterocycles.